The SMILES string of the molecule is [N-]=[N+]=NCC#Cc1cc(C(=O)O)ccn1. The first-order valence-electron chi connectivity index (χ1n) is 3.93. The molecule has 0 spiro atoms. The highest BCUT2D eigenvalue weighted by molar-refractivity contribution is 5.87. The number of rotatable bonds is 2. The third-order valence-corrected chi connectivity index (χ3v) is 1.44. The molecule has 74 valence electrons. The Morgan fingerprint density at radius 1 is 1.73 bits per heavy atom. The number of aromatic carboxylic acids is 1. The predicted molar refractivity (Wildman–Crippen MR) is 52.1 cm³/mol. The van der Waals surface area contributed by atoms with Crippen molar-refractivity contribution in [3.8, 4) is 11.8 Å². The second-order valence-corrected chi connectivity index (χ2v) is 2.43. The molecule has 0 aromatic carbocycles. The van der Waals surface area contributed by atoms with Gasteiger partial charge in [-0.05, 0) is 23.6 Å². The summed E-state index contributed by atoms with van der Waals surface area (Å²) in [6, 6.07) is 2.73. The highest BCUT2D eigenvalue weighted by Gasteiger charge is 2.01. The van der Waals surface area contributed by atoms with E-state index in [-0.39, 0.29) is 12.1 Å². The van der Waals surface area contributed by atoms with Crippen LogP contribution in [0.3, 0.4) is 0 Å². The van der Waals surface area contributed by atoms with E-state index in [1.165, 1.54) is 18.3 Å². The molecule has 15 heavy (non-hydrogen) atoms. The molecule has 1 N–H and O–H groups in total. The second-order valence-electron chi connectivity index (χ2n) is 2.43. The summed E-state index contributed by atoms with van der Waals surface area (Å²) in [5, 5.41) is 11.9. The molecule has 1 rings (SSSR count). The Morgan fingerprint density at radius 2 is 2.53 bits per heavy atom. The van der Waals surface area contributed by atoms with Crippen molar-refractivity contribution < 1.29 is 9.90 Å². The standard InChI is InChI=1S/C9H6N4O2/c10-13-12-4-1-2-8-6-7(9(14)15)3-5-11-8/h3,5-6H,4H2,(H,14,15). The van der Waals surface area contributed by atoms with Crippen molar-refractivity contribution in [2.24, 2.45) is 5.11 Å². The lowest BCUT2D eigenvalue weighted by molar-refractivity contribution is 0.0696. The lowest BCUT2D eigenvalue weighted by Gasteiger charge is -1.93. The number of nitrogens with zero attached hydrogens (tertiary/aromatic N) is 4. The Morgan fingerprint density at radius 3 is 3.20 bits per heavy atom. The van der Waals surface area contributed by atoms with E-state index in [0.29, 0.717) is 5.69 Å². The first kappa shape index (κ1) is 10.6. The van der Waals surface area contributed by atoms with E-state index in [4.69, 9.17) is 10.6 Å². The summed E-state index contributed by atoms with van der Waals surface area (Å²) in [6.07, 6.45) is 1.36. The molecule has 0 unspecified atom stereocenters. The van der Waals surface area contributed by atoms with Gasteiger partial charge in [-0.1, -0.05) is 11.0 Å². The highest BCUT2D eigenvalue weighted by Crippen LogP contribution is 2.00. The van der Waals surface area contributed by atoms with Crippen molar-refractivity contribution in [1.82, 2.24) is 4.98 Å². The third-order valence-electron chi connectivity index (χ3n) is 1.44. The summed E-state index contributed by atoms with van der Waals surface area (Å²) in [4.78, 5) is 17.0. The molecule has 0 aliphatic rings. The molecular formula is C9H6N4O2. The Bertz CT molecular complexity index is 480. The van der Waals surface area contributed by atoms with Crippen LogP contribution in [-0.2, 0) is 0 Å². The summed E-state index contributed by atoms with van der Waals surface area (Å²) in [7, 11) is 0. The van der Waals surface area contributed by atoms with Crippen molar-refractivity contribution in [1.29, 1.82) is 0 Å². The van der Waals surface area contributed by atoms with Crippen LogP contribution >= 0.6 is 0 Å². The van der Waals surface area contributed by atoms with Crippen LogP contribution in [0, 0.1) is 11.8 Å². The van der Waals surface area contributed by atoms with Crippen LogP contribution in [-0.4, -0.2) is 22.6 Å². The van der Waals surface area contributed by atoms with Crippen LogP contribution in [0.15, 0.2) is 23.4 Å². The minimum atomic E-state index is -1.03. The molecule has 0 saturated heterocycles. The van der Waals surface area contributed by atoms with E-state index >= 15 is 0 Å². The van der Waals surface area contributed by atoms with Crippen molar-refractivity contribution in [2.45, 2.75) is 0 Å². The first-order valence-corrected chi connectivity index (χ1v) is 3.93. The maximum atomic E-state index is 10.6. The monoisotopic (exact) mass is 202 g/mol. The Balaban J connectivity index is 2.84. The van der Waals surface area contributed by atoms with Crippen LogP contribution in [0.25, 0.3) is 10.4 Å². The minimum Gasteiger partial charge on any atom is -0.478 e. The van der Waals surface area contributed by atoms with E-state index in [2.05, 4.69) is 26.9 Å². The van der Waals surface area contributed by atoms with Gasteiger partial charge in [0.15, 0.2) is 0 Å². The lowest BCUT2D eigenvalue weighted by atomic mass is 10.2. The van der Waals surface area contributed by atoms with Gasteiger partial charge in [-0.25, -0.2) is 9.78 Å². The zero-order valence-electron chi connectivity index (χ0n) is 7.58. The highest BCUT2D eigenvalue weighted by atomic mass is 16.4. The minimum absolute atomic E-state index is 0.0372. The third kappa shape index (κ3) is 3.38. The van der Waals surface area contributed by atoms with Gasteiger partial charge >= 0.3 is 5.97 Å². The summed E-state index contributed by atoms with van der Waals surface area (Å²) >= 11 is 0. The molecule has 0 aliphatic heterocycles. The number of carboxylic acids is 1. The lowest BCUT2D eigenvalue weighted by Crippen LogP contribution is -1.97. The van der Waals surface area contributed by atoms with E-state index in [9.17, 15) is 4.79 Å². The van der Waals surface area contributed by atoms with Gasteiger partial charge in [0.25, 0.3) is 0 Å². The smallest absolute Gasteiger partial charge is 0.335 e. The number of aromatic nitrogens is 1. The molecule has 0 fully saturated rings. The molecule has 0 saturated carbocycles. The molecule has 0 atom stereocenters. The second kappa shape index (κ2) is 5.27. The fourth-order valence-corrected chi connectivity index (χ4v) is 0.829. The number of carbonyl (C=O) groups is 1. The topological polar surface area (TPSA) is 99.0 Å². The van der Waals surface area contributed by atoms with E-state index < -0.39 is 5.97 Å². The van der Waals surface area contributed by atoms with Crippen LogP contribution < -0.4 is 0 Å². The number of hydrogen-bond acceptors (Lipinski definition) is 3. The van der Waals surface area contributed by atoms with Crippen molar-refractivity contribution in [3.05, 3.63) is 40.0 Å². The van der Waals surface area contributed by atoms with Crippen LogP contribution in [0.5, 0.6) is 0 Å². The molecule has 6 nitrogen and oxygen atoms in total. The molecule has 0 bridgehead atoms. The molecule has 6 heteroatoms. The summed E-state index contributed by atoms with van der Waals surface area (Å²) < 4.78 is 0. The van der Waals surface area contributed by atoms with Crippen LogP contribution in [0.4, 0.5) is 0 Å². The van der Waals surface area contributed by atoms with Crippen LogP contribution in [0.2, 0.25) is 0 Å². The van der Waals surface area contributed by atoms with Gasteiger partial charge in [0.05, 0.1) is 12.1 Å². The fraction of sp³-hybridized carbons (Fsp3) is 0.111. The van der Waals surface area contributed by atoms with Gasteiger partial charge in [-0.2, -0.15) is 0 Å². The van der Waals surface area contributed by atoms with Gasteiger partial charge in [0.1, 0.15) is 5.69 Å². The molecular weight excluding hydrogens is 196 g/mol. The van der Waals surface area contributed by atoms with Crippen LogP contribution in [0.1, 0.15) is 16.1 Å². The quantitative estimate of drug-likeness (QED) is 0.340. The van der Waals surface area contributed by atoms with Gasteiger partial charge < -0.3 is 5.11 Å². The molecule has 0 aliphatic carbocycles. The normalized spacial score (nSPS) is 8.27. The molecule has 0 amide bonds. The molecule has 1 heterocycles. The zero-order valence-corrected chi connectivity index (χ0v) is 7.58. The Kier molecular flexibility index (Phi) is 3.71. The summed E-state index contributed by atoms with van der Waals surface area (Å²) in [5.74, 6) is 4.10. The molecule has 1 aromatic rings. The average molecular weight is 202 g/mol. The number of carboxylic acid groups (broad SMARTS) is 1. The summed E-state index contributed by atoms with van der Waals surface area (Å²) in [6.45, 7) is 0.0372. The van der Waals surface area contributed by atoms with Gasteiger partial charge in [0.2, 0.25) is 0 Å². The summed E-state index contributed by atoms with van der Waals surface area (Å²) in [5.41, 5.74) is 8.44. The zero-order chi connectivity index (χ0) is 11.1. The number of hydrogen-bond donors (Lipinski definition) is 1. The Hall–Kier alpha value is -2.51. The van der Waals surface area contributed by atoms with Gasteiger partial charge in [-0.15, -0.1) is 0 Å². The average Bonchev–Trinajstić information content (AvgIpc) is 2.25. The van der Waals surface area contributed by atoms with E-state index in [1.807, 2.05) is 0 Å². The van der Waals surface area contributed by atoms with E-state index in [0.717, 1.165) is 0 Å². The van der Waals surface area contributed by atoms with Crippen molar-refractivity contribution in [2.75, 3.05) is 6.54 Å². The first-order chi connectivity index (χ1) is 7.24. The van der Waals surface area contributed by atoms with Gasteiger partial charge in [-0.3, -0.25) is 0 Å². The van der Waals surface area contributed by atoms with Gasteiger partial charge in [0, 0.05) is 11.1 Å². The molecule has 0 radical (unpaired) electrons. The Labute approximate surface area is 85.2 Å². The van der Waals surface area contributed by atoms with Crippen molar-refractivity contribution >= 4 is 5.97 Å². The number of azide groups is 1. The molecule has 1 aromatic heterocycles. The maximum Gasteiger partial charge on any atom is 0.335 e. The fourth-order valence-electron chi connectivity index (χ4n) is 0.829. The maximum absolute atomic E-state index is 10.6. The van der Waals surface area contributed by atoms with E-state index in [1.54, 1.807) is 0 Å². The number of pyridine rings is 1. The van der Waals surface area contributed by atoms with Crippen molar-refractivity contribution in [3.63, 3.8) is 0 Å². The predicted octanol–water partition coefficient (Wildman–Crippen LogP) is 1.44. The largest absolute Gasteiger partial charge is 0.478 e.